The Morgan fingerprint density at radius 3 is 2.63 bits per heavy atom. The molecule has 1 rings (SSSR count). The minimum Gasteiger partial charge on any atom is -0.328 e. The number of amides is 2. The molecule has 0 radical (unpaired) electrons. The maximum absolute atomic E-state index is 13.4. The zero-order valence-corrected chi connectivity index (χ0v) is 11.7. The van der Waals surface area contributed by atoms with Crippen molar-refractivity contribution in [2.45, 2.75) is 26.3 Å². The number of halogens is 1. The predicted molar refractivity (Wildman–Crippen MR) is 75.5 cm³/mol. The van der Waals surface area contributed by atoms with Crippen LogP contribution in [-0.2, 0) is 0 Å². The van der Waals surface area contributed by atoms with E-state index in [0.29, 0.717) is 12.5 Å². The molecule has 0 aliphatic heterocycles. The second-order valence-corrected chi connectivity index (χ2v) is 5.03. The van der Waals surface area contributed by atoms with E-state index in [-0.39, 0.29) is 17.8 Å². The Kier molecular flexibility index (Phi) is 5.76. The highest BCUT2D eigenvalue weighted by atomic mass is 19.1. The molecule has 1 aromatic rings. The molecule has 1 atom stereocenters. The standard InChI is InChI=1S/C14H22FN3O/c1-10(2)12(16)8-9-18(3)14(19)17-13-7-5-4-6-11(13)15/h4-7,10,12H,8-9,16H2,1-3H3,(H,17,19). The van der Waals surface area contributed by atoms with E-state index >= 15 is 0 Å². The Balaban J connectivity index is 2.47. The third-order valence-corrected chi connectivity index (χ3v) is 3.12. The zero-order valence-electron chi connectivity index (χ0n) is 11.7. The Bertz CT molecular complexity index is 423. The summed E-state index contributed by atoms with van der Waals surface area (Å²) < 4.78 is 13.4. The molecule has 0 fully saturated rings. The van der Waals surface area contributed by atoms with Crippen LogP contribution in [0.5, 0.6) is 0 Å². The number of nitrogens with two attached hydrogens (primary N) is 1. The van der Waals surface area contributed by atoms with Gasteiger partial charge in [-0.15, -0.1) is 0 Å². The van der Waals surface area contributed by atoms with Crippen molar-refractivity contribution in [1.82, 2.24) is 4.90 Å². The minimum atomic E-state index is -0.442. The van der Waals surface area contributed by atoms with Crippen LogP contribution in [0.3, 0.4) is 0 Å². The van der Waals surface area contributed by atoms with Gasteiger partial charge in [-0.25, -0.2) is 9.18 Å². The first-order valence-corrected chi connectivity index (χ1v) is 6.44. The van der Waals surface area contributed by atoms with E-state index in [1.165, 1.54) is 17.0 Å². The molecule has 0 saturated carbocycles. The molecule has 0 aliphatic rings. The van der Waals surface area contributed by atoms with Crippen LogP contribution in [0.4, 0.5) is 14.9 Å². The molecule has 19 heavy (non-hydrogen) atoms. The Hall–Kier alpha value is -1.62. The van der Waals surface area contributed by atoms with Gasteiger partial charge in [-0.05, 0) is 24.5 Å². The van der Waals surface area contributed by atoms with Gasteiger partial charge in [0.15, 0.2) is 0 Å². The maximum atomic E-state index is 13.4. The highest BCUT2D eigenvalue weighted by Gasteiger charge is 2.13. The van der Waals surface area contributed by atoms with Gasteiger partial charge in [-0.3, -0.25) is 0 Å². The molecule has 5 heteroatoms. The van der Waals surface area contributed by atoms with E-state index in [9.17, 15) is 9.18 Å². The van der Waals surface area contributed by atoms with Gasteiger partial charge in [0.05, 0.1) is 5.69 Å². The molecule has 0 saturated heterocycles. The first-order chi connectivity index (χ1) is 8.91. The number of nitrogens with zero attached hydrogens (tertiary/aromatic N) is 1. The van der Waals surface area contributed by atoms with Gasteiger partial charge >= 0.3 is 6.03 Å². The van der Waals surface area contributed by atoms with Crippen LogP contribution in [0.1, 0.15) is 20.3 Å². The average molecular weight is 267 g/mol. The van der Waals surface area contributed by atoms with Gasteiger partial charge < -0.3 is 16.0 Å². The van der Waals surface area contributed by atoms with E-state index in [2.05, 4.69) is 5.32 Å². The Labute approximate surface area is 113 Å². The van der Waals surface area contributed by atoms with Crippen molar-refractivity contribution in [3.05, 3.63) is 30.1 Å². The lowest BCUT2D eigenvalue weighted by atomic mass is 10.0. The fraction of sp³-hybridized carbons (Fsp3) is 0.500. The van der Waals surface area contributed by atoms with Crippen molar-refractivity contribution in [2.75, 3.05) is 18.9 Å². The van der Waals surface area contributed by atoms with Gasteiger partial charge in [-0.1, -0.05) is 26.0 Å². The van der Waals surface area contributed by atoms with Gasteiger partial charge in [0.2, 0.25) is 0 Å². The quantitative estimate of drug-likeness (QED) is 0.861. The number of carbonyl (C=O) groups is 1. The average Bonchev–Trinajstić information content (AvgIpc) is 2.37. The minimum absolute atomic E-state index is 0.0590. The normalized spacial score (nSPS) is 12.3. The van der Waals surface area contributed by atoms with Gasteiger partial charge in [0.1, 0.15) is 5.82 Å². The van der Waals surface area contributed by atoms with Crippen LogP contribution < -0.4 is 11.1 Å². The van der Waals surface area contributed by atoms with E-state index in [1.807, 2.05) is 13.8 Å². The molecule has 4 nitrogen and oxygen atoms in total. The zero-order chi connectivity index (χ0) is 14.4. The molecule has 1 unspecified atom stereocenters. The number of carbonyl (C=O) groups excluding carboxylic acids is 1. The molecule has 0 heterocycles. The smallest absolute Gasteiger partial charge is 0.321 e. The lowest BCUT2D eigenvalue weighted by Gasteiger charge is -2.22. The van der Waals surface area contributed by atoms with Crippen molar-refractivity contribution >= 4 is 11.7 Å². The number of hydrogen-bond acceptors (Lipinski definition) is 2. The van der Waals surface area contributed by atoms with E-state index < -0.39 is 5.82 Å². The Morgan fingerprint density at radius 2 is 2.05 bits per heavy atom. The fourth-order valence-electron chi connectivity index (χ4n) is 1.55. The highest BCUT2D eigenvalue weighted by molar-refractivity contribution is 5.89. The molecule has 106 valence electrons. The molecule has 0 aliphatic carbocycles. The predicted octanol–water partition coefficient (Wildman–Crippen LogP) is 2.66. The SMILES string of the molecule is CC(C)C(N)CCN(C)C(=O)Nc1ccccc1F. The first-order valence-electron chi connectivity index (χ1n) is 6.44. The first kappa shape index (κ1) is 15.4. The van der Waals surface area contributed by atoms with Crippen molar-refractivity contribution in [1.29, 1.82) is 0 Å². The number of anilines is 1. The monoisotopic (exact) mass is 267 g/mol. The highest BCUT2D eigenvalue weighted by Crippen LogP contribution is 2.13. The number of hydrogen-bond donors (Lipinski definition) is 2. The summed E-state index contributed by atoms with van der Waals surface area (Å²) in [4.78, 5) is 13.4. The summed E-state index contributed by atoms with van der Waals surface area (Å²) in [6.45, 7) is 4.63. The number of urea groups is 1. The molecule has 1 aromatic carbocycles. The van der Waals surface area contributed by atoms with Crippen molar-refractivity contribution < 1.29 is 9.18 Å². The van der Waals surface area contributed by atoms with Crippen LogP contribution in [0.2, 0.25) is 0 Å². The van der Waals surface area contributed by atoms with Crippen LogP contribution in [0, 0.1) is 11.7 Å². The fourth-order valence-corrected chi connectivity index (χ4v) is 1.55. The van der Waals surface area contributed by atoms with E-state index in [4.69, 9.17) is 5.73 Å². The lowest BCUT2D eigenvalue weighted by molar-refractivity contribution is 0.219. The second-order valence-electron chi connectivity index (χ2n) is 5.03. The molecule has 0 aromatic heterocycles. The van der Waals surface area contributed by atoms with Crippen LogP contribution in [-0.4, -0.2) is 30.6 Å². The van der Waals surface area contributed by atoms with E-state index in [1.54, 1.807) is 19.2 Å². The third kappa shape index (κ3) is 4.87. The number of rotatable bonds is 5. The van der Waals surface area contributed by atoms with Crippen molar-refractivity contribution in [2.24, 2.45) is 11.7 Å². The van der Waals surface area contributed by atoms with Gasteiger partial charge in [0, 0.05) is 19.6 Å². The van der Waals surface area contributed by atoms with Crippen molar-refractivity contribution in [3.63, 3.8) is 0 Å². The Morgan fingerprint density at radius 1 is 1.42 bits per heavy atom. The number of para-hydroxylation sites is 1. The third-order valence-electron chi connectivity index (χ3n) is 3.12. The molecular formula is C14H22FN3O. The summed E-state index contributed by atoms with van der Waals surface area (Å²) >= 11 is 0. The van der Waals surface area contributed by atoms with Crippen LogP contribution in [0.25, 0.3) is 0 Å². The summed E-state index contributed by atoms with van der Waals surface area (Å²) in [6.07, 6.45) is 0.721. The molecule has 0 spiro atoms. The lowest BCUT2D eigenvalue weighted by Crippen LogP contribution is -2.36. The van der Waals surface area contributed by atoms with Gasteiger partial charge in [-0.2, -0.15) is 0 Å². The summed E-state index contributed by atoms with van der Waals surface area (Å²) in [5.41, 5.74) is 6.11. The molecule has 0 bridgehead atoms. The largest absolute Gasteiger partial charge is 0.328 e. The van der Waals surface area contributed by atoms with Crippen molar-refractivity contribution in [3.8, 4) is 0 Å². The molecular weight excluding hydrogens is 245 g/mol. The summed E-state index contributed by atoms with van der Waals surface area (Å²) in [5, 5.41) is 2.53. The summed E-state index contributed by atoms with van der Waals surface area (Å²) in [5.74, 6) is -0.0637. The summed E-state index contributed by atoms with van der Waals surface area (Å²) in [6, 6.07) is 5.82. The van der Waals surface area contributed by atoms with Crippen LogP contribution >= 0.6 is 0 Å². The number of nitrogens with one attached hydrogen (secondary N) is 1. The van der Waals surface area contributed by atoms with Gasteiger partial charge in [0.25, 0.3) is 0 Å². The van der Waals surface area contributed by atoms with E-state index in [0.717, 1.165) is 6.42 Å². The summed E-state index contributed by atoms with van der Waals surface area (Å²) in [7, 11) is 1.67. The maximum Gasteiger partial charge on any atom is 0.321 e. The number of benzene rings is 1. The molecule has 3 N–H and O–H groups in total. The second kappa shape index (κ2) is 7.09. The van der Waals surface area contributed by atoms with Crippen LogP contribution in [0.15, 0.2) is 24.3 Å². The topological polar surface area (TPSA) is 58.4 Å². The molecule has 2 amide bonds.